The summed E-state index contributed by atoms with van der Waals surface area (Å²) < 4.78 is 5.50. The summed E-state index contributed by atoms with van der Waals surface area (Å²) in [5.41, 5.74) is 1.34. The van der Waals surface area contributed by atoms with E-state index in [1.165, 1.54) is 7.11 Å². The predicted octanol–water partition coefficient (Wildman–Crippen LogP) is 4.60. The zero-order valence-electron chi connectivity index (χ0n) is 9.78. The predicted molar refractivity (Wildman–Crippen MR) is 78.7 cm³/mol. The maximum absolute atomic E-state index is 11.5. The first-order valence-electron chi connectivity index (χ1n) is 5.23. The van der Waals surface area contributed by atoms with E-state index < -0.39 is 5.97 Å². The zero-order valence-corrected chi connectivity index (χ0v) is 12.9. The molecule has 0 N–H and O–H groups in total. The number of carbonyl (C=O) groups excluding carboxylic acids is 1. The molecule has 1 heterocycles. The molecular weight excluding hydrogens is 353 g/mol. The monoisotopic (exact) mass is 359 g/mol. The van der Waals surface area contributed by atoms with Gasteiger partial charge in [-0.3, -0.25) is 0 Å². The van der Waals surface area contributed by atoms with Crippen molar-refractivity contribution in [3.8, 4) is 11.3 Å². The van der Waals surface area contributed by atoms with Crippen LogP contribution >= 0.6 is 39.1 Å². The summed E-state index contributed by atoms with van der Waals surface area (Å²) >= 11 is 15.4. The van der Waals surface area contributed by atoms with Gasteiger partial charge in [-0.25, -0.2) is 9.78 Å². The number of hydrogen-bond acceptors (Lipinski definition) is 3. The maximum Gasteiger partial charge on any atom is 0.358 e. The quantitative estimate of drug-likeness (QED) is 0.734. The average Bonchev–Trinajstić information content (AvgIpc) is 2.39. The number of ether oxygens (including phenoxy) is 1. The van der Waals surface area contributed by atoms with Gasteiger partial charge in [0.25, 0.3) is 0 Å². The molecule has 2 aromatic rings. The Morgan fingerprint density at radius 3 is 2.58 bits per heavy atom. The largest absolute Gasteiger partial charge is 0.464 e. The van der Waals surface area contributed by atoms with Gasteiger partial charge < -0.3 is 4.74 Å². The Morgan fingerprint density at radius 2 is 1.95 bits per heavy atom. The van der Waals surface area contributed by atoms with Crippen molar-refractivity contribution in [2.75, 3.05) is 7.11 Å². The highest BCUT2D eigenvalue weighted by Gasteiger charge is 2.15. The van der Waals surface area contributed by atoms with E-state index >= 15 is 0 Å². The van der Waals surface area contributed by atoms with Gasteiger partial charge in [0, 0.05) is 10.0 Å². The van der Waals surface area contributed by atoms with Crippen molar-refractivity contribution in [1.29, 1.82) is 0 Å². The fraction of sp³-hybridized carbons (Fsp3) is 0.0769. The number of methoxy groups -OCH3 is 1. The molecule has 0 amide bonds. The van der Waals surface area contributed by atoms with E-state index in [2.05, 4.69) is 25.7 Å². The van der Waals surface area contributed by atoms with E-state index in [4.69, 9.17) is 23.2 Å². The van der Waals surface area contributed by atoms with E-state index in [1.807, 2.05) is 12.1 Å². The SMILES string of the molecule is COC(=O)c1nc(-c2ccc(Br)cc2Cl)ccc1Cl. The molecule has 3 nitrogen and oxygen atoms in total. The van der Waals surface area contributed by atoms with Crippen molar-refractivity contribution in [3.05, 3.63) is 50.5 Å². The summed E-state index contributed by atoms with van der Waals surface area (Å²) in [6.07, 6.45) is 0. The molecule has 0 aliphatic heterocycles. The van der Waals surface area contributed by atoms with Crippen LogP contribution in [-0.2, 0) is 4.74 Å². The fourth-order valence-corrected chi connectivity index (χ4v) is 2.48. The fourth-order valence-electron chi connectivity index (χ4n) is 1.53. The van der Waals surface area contributed by atoms with Crippen molar-refractivity contribution in [2.24, 2.45) is 0 Å². The first-order valence-corrected chi connectivity index (χ1v) is 6.78. The number of halogens is 3. The lowest BCUT2D eigenvalue weighted by Gasteiger charge is -2.07. The Hall–Kier alpha value is -1.10. The number of carbonyl (C=O) groups is 1. The molecule has 19 heavy (non-hydrogen) atoms. The number of aromatic nitrogens is 1. The number of esters is 1. The van der Waals surface area contributed by atoms with Gasteiger partial charge in [-0.15, -0.1) is 0 Å². The second-order valence-electron chi connectivity index (χ2n) is 3.64. The van der Waals surface area contributed by atoms with Crippen molar-refractivity contribution >= 4 is 45.1 Å². The molecule has 0 saturated heterocycles. The lowest BCUT2D eigenvalue weighted by Crippen LogP contribution is -2.06. The molecule has 0 aliphatic carbocycles. The molecular formula is C13H8BrCl2NO2. The topological polar surface area (TPSA) is 39.2 Å². The Bertz CT molecular complexity index is 647. The number of pyridine rings is 1. The van der Waals surface area contributed by atoms with Crippen LogP contribution in [0.2, 0.25) is 10.0 Å². The molecule has 0 spiro atoms. The zero-order chi connectivity index (χ0) is 14.0. The van der Waals surface area contributed by atoms with Crippen LogP contribution in [0.25, 0.3) is 11.3 Å². The van der Waals surface area contributed by atoms with Gasteiger partial charge in [0.15, 0.2) is 5.69 Å². The third kappa shape index (κ3) is 3.08. The van der Waals surface area contributed by atoms with Gasteiger partial charge in [-0.1, -0.05) is 45.2 Å². The standard InChI is InChI=1S/C13H8BrCl2NO2/c1-19-13(18)12-9(15)4-5-11(17-12)8-3-2-7(14)6-10(8)16/h2-6H,1H3. The van der Waals surface area contributed by atoms with Gasteiger partial charge in [-0.05, 0) is 24.3 Å². The Balaban J connectivity index is 2.54. The summed E-state index contributed by atoms with van der Waals surface area (Å²) in [4.78, 5) is 15.7. The van der Waals surface area contributed by atoms with Gasteiger partial charge in [0.2, 0.25) is 0 Å². The van der Waals surface area contributed by atoms with E-state index in [-0.39, 0.29) is 10.7 Å². The Kier molecular flexibility index (Phi) is 4.45. The molecule has 0 unspecified atom stereocenters. The van der Waals surface area contributed by atoms with Crippen LogP contribution in [0.1, 0.15) is 10.5 Å². The van der Waals surface area contributed by atoms with Gasteiger partial charge in [0.05, 0.1) is 22.8 Å². The lowest BCUT2D eigenvalue weighted by atomic mass is 10.1. The molecule has 98 valence electrons. The van der Waals surface area contributed by atoms with Crippen molar-refractivity contribution in [3.63, 3.8) is 0 Å². The average molecular weight is 361 g/mol. The van der Waals surface area contributed by atoms with Crippen LogP contribution in [0, 0.1) is 0 Å². The van der Waals surface area contributed by atoms with E-state index in [0.717, 1.165) is 4.47 Å². The summed E-state index contributed by atoms with van der Waals surface area (Å²) in [6.45, 7) is 0. The van der Waals surface area contributed by atoms with E-state index in [1.54, 1.807) is 18.2 Å². The van der Waals surface area contributed by atoms with Crippen LogP contribution in [0.5, 0.6) is 0 Å². The minimum Gasteiger partial charge on any atom is -0.464 e. The lowest BCUT2D eigenvalue weighted by molar-refractivity contribution is 0.0594. The summed E-state index contributed by atoms with van der Waals surface area (Å²) in [7, 11) is 1.28. The normalized spacial score (nSPS) is 10.3. The molecule has 0 radical (unpaired) electrons. The summed E-state index contributed by atoms with van der Waals surface area (Å²) in [6, 6.07) is 8.70. The van der Waals surface area contributed by atoms with Crippen molar-refractivity contribution in [2.45, 2.75) is 0 Å². The third-order valence-corrected chi connectivity index (χ3v) is 3.54. The van der Waals surface area contributed by atoms with E-state index in [0.29, 0.717) is 16.3 Å². The molecule has 0 bridgehead atoms. The van der Waals surface area contributed by atoms with Crippen LogP contribution in [0.3, 0.4) is 0 Å². The highest BCUT2D eigenvalue weighted by Crippen LogP contribution is 2.30. The molecule has 0 saturated carbocycles. The third-order valence-electron chi connectivity index (χ3n) is 2.43. The first-order chi connectivity index (χ1) is 9.02. The minimum atomic E-state index is -0.583. The second-order valence-corrected chi connectivity index (χ2v) is 5.37. The Morgan fingerprint density at radius 1 is 1.21 bits per heavy atom. The molecule has 1 aromatic heterocycles. The van der Waals surface area contributed by atoms with Crippen LogP contribution in [-0.4, -0.2) is 18.1 Å². The van der Waals surface area contributed by atoms with Gasteiger partial charge >= 0.3 is 5.97 Å². The van der Waals surface area contributed by atoms with Gasteiger partial charge in [-0.2, -0.15) is 0 Å². The molecule has 0 atom stereocenters. The number of benzene rings is 1. The van der Waals surface area contributed by atoms with Crippen LogP contribution in [0.4, 0.5) is 0 Å². The highest BCUT2D eigenvalue weighted by atomic mass is 79.9. The smallest absolute Gasteiger partial charge is 0.358 e. The van der Waals surface area contributed by atoms with Gasteiger partial charge in [0.1, 0.15) is 0 Å². The van der Waals surface area contributed by atoms with Crippen LogP contribution in [0.15, 0.2) is 34.8 Å². The van der Waals surface area contributed by atoms with Crippen molar-refractivity contribution < 1.29 is 9.53 Å². The summed E-state index contributed by atoms with van der Waals surface area (Å²) in [5, 5.41) is 0.767. The number of nitrogens with zero attached hydrogens (tertiary/aromatic N) is 1. The minimum absolute atomic E-state index is 0.0700. The molecule has 0 fully saturated rings. The summed E-state index contributed by atoms with van der Waals surface area (Å²) in [5.74, 6) is -0.583. The molecule has 1 aromatic carbocycles. The number of rotatable bonds is 2. The molecule has 6 heteroatoms. The highest BCUT2D eigenvalue weighted by molar-refractivity contribution is 9.10. The second kappa shape index (κ2) is 5.90. The maximum atomic E-state index is 11.5. The molecule has 2 rings (SSSR count). The number of hydrogen-bond donors (Lipinski definition) is 0. The van der Waals surface area contributed by atoms with Crippen LogP contribution < -0.4 is 0 Å². The first kappa shape index (κ1) is 14.3. The molecule has 0 aliphatic rings. The Labute approximate surface area is 128 Å². The van der Waals surface area contributed by atoms with E-state index in [9.17, 15) is 4.79 Å². The van der Waals surface area contributed by atoms with Crippen molar-refractivity contribution in [1.82, 2.24) is 4.98 Å².